The van der Waals surface area contributed by atoms with E-state index < -0.39 is 0 Å². The molecule has 0 saturated heterocycles. The summed E-state index contributed by atoms with van der Waals surface area (Å²) in [5.41, 5.74) is 1.16. The van der Waals surface area contributed by atoms with Crippen molar-refractivity contribution in [3.8, 4) is 17.2 Å². The van der Waals surface area contributed by atoms with Crippen molar-refractivity contribution in [2.45, 2.75) is 6.54 Å². The van der Waals surface area contributed by atoms with Gasteiger partial charge in [0.05, 0.1) is 37.9 Å². The van der Waals surface area contributed by atoms with Crippen molar-refractivity contribution in [2.75, 3.05) is 21.3 Å². The Labute approximate surface area is 144 Å². The van der Waals surface area contributed by atoms with Gasteiger partial charge in [0.25, 0.3) is 0 Å². The Bertz CT molecular complexity index is 703. The molecule has 2 aromatic rings. The maximum atomic E-state index is 6.00. The van der Waals surface area contributed by atoms with E-state index in [-0.39, 0.29) is 6.54 Å². The topological polar surface area (TPSA) is 65.3 Å². The highest BCUT2D eigenvalue weighted by atomic mass is 35.5. The normalized spacial score (nSPS) is 10.8. The summed E-state index contributed by atoms with van der Waals surface area (Å²) >= 11 is 12.0. The molecule has 0 spiro atoms. The summed E-state index contributed by atoms with van der Waals surface area (Å²) in [5, 5.41) is 8.86. The van der Waals surface area contributed by atoms with Gasteiger partial charge in [-0.3, -0.25) is 4.98 Å². The molecule has 1 heterocycles. The fourth-order valence-electron chi connectivity index (χ4n) is 1.97. The summed E-state index contributed by atoms with van der Waals surface area (Å²) < 4.78 is 16.0. The number of ether oxygens (including phenoxy) is 3. The van der Waals surface area contributed by atoms with Crippen molar-refractivity contribution < 1.29 is 14.2 Å². The monoisotopic (exact) mass is 355 g/mol. The summed E-state index contributed by atoms with van der Waals surface area (Å²) in [4.78, 5) is 3.86. The van der Waals surface area contributed by atoms with Crippen LogP contribution in [-0.4, -0.2) is 26.3 Å². The molecule has 1 aromatic carbocycles. The second kappa shape index (κ2) is 7.99. The first kappa shape index (κ1) is 17.3. The van der Waals surface area contributed by atoms with Crippen molar-refractivity contribution in [1.82, 2.24) is 4.98 Å². The van der Waals surface area contributed by atoms with E-state index in [0.29, 0.717) is 33.0 Å². The second-order valence-corrected chi connectivity index (χ2v) is 5.16. The maximum Gasteiger partial charge on any atom is 0.203 e. The highest BCUT2D eigenvalue weighted by molar-refractivity contribution is 6.38. The average molecular weight is 356 g/mol. The zero-order valence-electron chi connectivity index (χ0n) is 12.8. The number of azo groups is 1. The first-order valence-corrected chi connectivity index (χ1v) is 7.32. The fraction of sp³-hybridized carbons (Fsp3) is 0.267. The lowest BCUT2D eigenvalue weighted by Crippen LogP contribution is -1.98. The van der Waals surface area contributed by atoms with E-state index in [1.165, 1.54) is 12.4 Å². The molecule has 0 radical (unpaired) electrons. The molecule has 0 saturated carbocycles. The van der Waals surface area contributed by atoms with Gasteiger partial charge in [-0.15, -0.1) is 0 Å². The summed E-state index contributed by atoms with van der Waals surface area (Å²) in [6.45, 7) is 0.262. The number of nitrogens with zero attached hydrogens (tertiary/aromatic N) is 3. The molecular formula is C15H15Cl2N3O3. The van der Waals surface area contributed by atoms with Crippen LogP contribution >= 0.6 is 23.2 Å². The Balaban J connectivity index is 2.29. The first-order valence-electron chi connectivity index (χ1n) is 6.56. The van der Waals surface area contributed by atoms with Gasteiger partial charge in [0, 0.05) is 18.0 Å². The van der Waals surface area contributed by atoms with Gasteiger partial charge in [-0.25, -0.2) is 0 Å². The highest BCUT2D eigenvalue weighted by Gasteiger charge is 2.15. The Morgan fingerprint density at radius 3 is 2.17 bits per heavy atom. The van der Waals surface area contributed by atoms with Crippen LogP contribution in [-0.2, 0) is 6.54 Å². The molecule has 0 fully saturated rings. The Hall–Kier alpha value is -2.05. The lowest BCUT2D eigenvalue weighted by atomic mass is 10.1. The van der Waals surface area contributed by atoms with Crippen LogP contribution in [0, 0.1) is 0 Å². The first-order chi connectivity index (χ1) is 11.1. The molecule has 122 valence electrons. The standard InChI is InChI=1S/C15H15Cl2N3O3/c1-21-12-5-4-9(14(22-2)15(12)23-3)6-19-20-13-10(16)7-18-8-11(13)17/h4-5,7-8H,6H2,1-3H3. The van der Waals surface area contributed by atoms with E-state index in [2.05, 4.69) is 15.2 Å². The van der Waals surface area contributed by atoms with E-state index in [1.54, 1.807) is 27.4 Å². The van der Waals surface area contributed by atoms with Crippen LogP contribution in [0.1, 0.15) is 5.56 Å². The summed E-state index contributed by atoms with van der Waals surface area (Å²) in [7, 11) is 4.65. The molecule has 0 atom stereocenters. The smallest absolute Gasteiger partial charge is 0.203 e. The number of hydrogen-bond acceptors (Lipinski definition) is 6. The number of aromatic nitrogens is 1. The van der Waals surface area contributed by atoms with Crippen molar-refractivity contribution >= 4 is 28.9 Å². The van der Waals surface area contributed by atoms with Gasteiger partial charge in [0.2, 0.25) is 5.75 Å². The molecule has 8 heteroatoms. The molecule has 0 N–H and O–H groups in total. The van der Waals surface area contributed by atoms with Gasteiger partial charge in [0.1, 0.15) is 5.69 Å². The fourth-order valence-corrected chi connectivity index (χ4v) is 2.41. The number of methoxy groups -OCH3 is 3. The molecule has 6 nitrogen and oxygen atoms in total. The minimum Gasteiger partial charge on any atom is -0.493 e. The predicted molar refractivity (Wildman–Crippen MR) is 88.6 cm³/mol. The zero-order chi connectivity index (χ0) is 16.8. The van der Waals surface area contributed by atoms with Crippen LogP contribution in [0.4, 0.5) is 5.69 Å². The molecule has 1 aromatic heterocycles. The molecule has 0 aliphatic heterocycles. The van der Waals surface area contributed by atoms with Crippen molar-refractivity contribution in [3.63, 3.8) is 0 Å². The Morgan fingerprint density at radius 2 is 1.61 bits per heavy atom. The largest absolute Gasteiger partial charge is 0.493 e. The van der Waals surface area contributed by atoms with E-state index in [1.807, 2.05) is 6.07 Å². The minimum atomic E-state index is 0.262. The number of benzene rings is 1. The third-order valence-corrected chi connectivity index (χ3v) is 3.58. The maximum absolute atomic E-state index is 6.00. The molecule has 23 heavy (non-hydrogen) atoms. The SMILES string of the molecule is COc1ccc(CN=Nc2c(Cl)cncc2Cl)c(OC)c1OC. The molecule has 2 rings (SSSR count). The van der Waals surface area contributed by atoms with Crippen LogP contribution in [0.25, 0.3) is 0 Å². The van der Waals surface area contributed by atoms with Gasteiger partial charge >= 0.3 is 0 Å². The third kappa shape index (κ3) is 3.83. The summed E-state index contributed by atoms with van der Waals surface area (Å²) in [5.74, 6) is 1.62. The van der Waals surface area contributed by atoms with Crippen LogP contribution < -0.4 is 14.2 Å². The van der Waals surface area contributed by atoms with Crippen LogP contribution in [0.5, 0.6) is 17.2 Å². The van der Waals surface area contributed by atoms with E-state index in [9.17, 15) is 0 Å². The van der Waals surface area contributed by atoms with Crippen LogP contribution in [0.15, 0.2) is 34.8 Å². The number of hydrogen-bond donors (Lipinski definition) is 0. The van der Waals surface area contributed by atoms with E-state index >= 15 is 0 Å². The minimum absolute atomic E-state index is 0.262. The molecule has 0 aliphatic carbocycles. The molecule has 0 aliphatic rings. The summed E-state index contributed by atoms with van der Waals surface area (Å²) in [6, 6.07) is 3.60. The second-order valence-electron chi connectivity index (χ2n) is 4.34. The van der Waals surface area contributed by atoms with Gasteiger partial charge in [-0.1, -0.05) is 23.2 Å². The lowest BCUT2D eigenvalue weighted by Gasteiger charge is -2.14. The Morgan fingerprint density at radius 1 is 0.957 bits per heavy atom. The van der Waals surface area contributed by atoms with Crippen molar-refractivity contribution in [3.05, 3.63) is 40.1 Å². The molecular weight excluding hydrogens is 341 g/mol. The zero-order valence-corrected chi connectivity index (χ0v) is 14.4. The van der Waals surface area contributed by atoms with Crippen LogP contribution in [0.2, 0.25) is 10.0 Å². The average Bonchev–Trinajstić information content (AvgIpc) is 2.56. The number of pyridine rings is 1. The number of halogens is 2. The predicted octanol–water partition coefficient (Wildman–Crippen LogP) is 4.70. The lowest BCUT2D eigenvalue weighted by molar-refractivity contribution is 0.322. The molecule has 0 amide bonds. The Kier molecular flexibility index (Phi) is 6.01. The highest BCUT2D eigenvalue weighted by Crippen LogP contribution is 2.40. The quantitative estimate of drug-likeness (QED) is 0.704. The van der Waals surface area contributed by atoms with Crippen molar-refractivity contribution in [1.29, 1.82) is 0 Å². The number of rotatable bonds is 6. The summed E-state index contributed by atoms with van der Waals surface area (Å²) in [6.07, 6.45) is 2.91. The van der Waals surface area contributed by atoms with E-state index in [0.717, 1.165) is 5.56 Å². The van der Waals surface area contributed by atoms with Crippen molar-refractivity contribution in [2.24, 2.45) is 10.2 Å². The third-order valence-electron chi connectivity index (χ3n) is 3.03. The van der Waals surface area contributed by atoms with E-state index in [4.69, 9.17) is 37.4 Å². The van der Waals surface area contributed by atoms with Gasteiger partial charge < -0.3 is 14.2 Å². The molecule has 0 bridgehead atoms. The molecule has 0 unspecified atom stereocenters. The van der Waals surface area contributed by atoms with Crippen LogP contribution in [0.3, 0.4) is 0 Å². The van der Waals surface area contributed by atoms with Gasteiger partial charge in [-0.05, 0) is 12.1 Å². The van der Waals surface area contributed by atoms with Gasteiger partial charge in [0.15, 0.2) is 11.5 Å². The van der Waals surface area contributed by atoms with Gasteiger partial charge in [-0.2, -0.15) is 10.2 Å².